The molecule has 0 fully saturated rings. The van der Waals surface area contributed by atoms with Gasteiger partial charge in [0.05, 0.1) is 15.6 Å². The molecule has 0 saturated heterocycles. The Morgan fingerprint density at radius 3 is 2.90 bits per heavy atom. The van der Waals surface area contributed by atoms with Gasteiger partial charge in [-0.3, -0.25) is 14.9 Å². The number of amides is 1. The topological polar surface area (TPSA) is 85.1 Å². The van der Waals surface area contributed by atoms with Crippen LogP contribution >= 0.6 is 27.3 Å². The molecule has 2 aromatic heterocycles. The standard InChI is InChI=1S/C12H7BrFN3O3S/c13-9-5-7(14)6-15-12(9)16-10(18)3-1-8-2-4-11(21-8)17(19)20/h1-6H,(H,15,16,18)/b3-1+. The summed E-state index contributed by atoms with van der Waals surface area (Å²) < 4.78 is 13.2. The molecule has 108 valence electrons. The van der Waals surface area contributed by atoms with E-state index in [-0.39, 0.29) is 10.8 Å². The van der Waals surface area contributed by atoms with Crippen LogP contribution in [-0.4, -0.2) is 15.8 Å². The second kappa shape index (κ2) is 6.55. The van der Waals surface area contributed by atoms with Crippen molar-refractivity contribution in [1.82, 2.24) is 4.98 Å². The van der Waals surface area contributed by atoms with E-state index >= 15 is 0 Å². The number of carbonyl (C=O) groups is 1. The van der Waals surface area contributed by atoms with Crippen LogP contribution in [0.15, 0.2) is 34.9 Å². The number of nitro groups is 1. The first-order chi connectivity index (χ1) is 9.95. The fourth-order valence-electron chi connectivity index (χ4n) is 1.35. The Morgan fingerprint density at radius 2 is 2.29 bits per heavy atom. The van der Waals surface area contributed by atoms with E-state index in [1.54, 1.807) is 6.07 Å². The van der Waals surface area contributed by atoms with Gasteiger partial charge in [0.15, 0.2) is 0 Å². The number of carbonyl (C=O) groups excluding carboxylic acids is 1. The first-order valence-corrected chi connectivity index (χ1v) is 7.11. The predicted molar refractivity (Wildman–Crippen MR) is 80.5 cm³/mol. The Labute approximate surface area is 130 Å². The third-order valence-corrected chi connectivity index (χ3v) is 3.85. The van der Waals surface area contributed by atoms with Gasteiger partial charge in [-0.05, 0) is 34.1 Å². The van der Waals surface area contributed by atoms with Crippen LogP contribution in [-0.2, 0) is 4.79 Å². The lowest BCUT2D eigenvalue weighted by atomic mass is 10.4. The number of nitrogens with one attached hydrogen (secondary N) is 1. The van der Waals surface area contributed by atoms with E-state index < -0.39 is 16.6 Å². The average molecular weight is 372 g/mol. The SMILES string of the molecule is O=C(/C=C/c1ccc([N+](=O)[O-])s1)Nc1ncc(F)cc1Br. The van der Waals surface area contributed by atoms with Crippen LogP contribution in [0.4, 0.5) is 15.2 Å². The maximum absolute atomic E-state index is 12.8. The number of rotatable bonds is 4. The van der Waals surface area contributed by atoms with Gasteiger partial charge in [0, 0.05) is 17.0 Å². The van der Waals surface area contributed by atoms with Crippen molar-refractivity contribution in [2.45, 2.75) is 0 Å². The fourth-order valence-corrected chi connectivity index (χ4v) is 2.50. The second-order valence-corrected chi connectivity index (χ2v) is 5.69. The lowest BCUT2D eigenvalue weighted by Gasteiger charge is -2.03. The number of hydrogen-bond donors (Lipinski definition) is 1. The van der Waals surface area contributed by atoms with Crippen molar-refractivity contribution >= 4 is 50.1 Å². The first-order valence-electron chi connectivity index (χ1n) is 5.50. The van der Waals surface area contributed by atoms with Crippen molar-refractivity contribution in [3.8, 4) is 0 Å². The van der Waals surface area contributed by atoms with E-state index in [0.29, 0.717) is 9.35 Å². The molecule has 1 amide bonds. The minimum atomic E-state index is -0.527. The van der Waals surface area contributed by atoms with Gasteiger partial charge >= 0.3 is 5.00 Å². The molecule has 21 heavy (non-hydrogen) atoms. The molecule has 2 heterocycles. The summed E-state index contributed by atoms with van der Waals surface area (Å²) in [6.07, 6.45) is 3.64. The van der Waals surface area contributed by atoms with Gasteiger partial charge in [0.2, 0.25) is 5.91 Å². The predicted octanol–water partition coefficient (Wildman–Crippen LogP) is 3.60. The van der Waals surface area contributed by atoms with E-state index in [9.17, 15) is 19.3 Å². The molecule has 0 bridgehead atoms. The first kappa shape index (κ1) is 15.3. The average Bonchev–Trinajstić information content (AvgIpc) is 2.89. The molecule has 0 aliphatic carbocycles. The van der Waals surface area contributed by atoms with Crippen LogP contribution in [0.25, 0.3) is 6.08 Å². The van der Waals surface area contributed by atoms with Crippen molar-refractivity contribution in [1.29, 1.82) is 0 Å². The summed E-state index contributed by atoms with van der Waals surface area (Å²) >= 11 is 4.03. The third kappa shape index (κ3) is 4.17. The molecule has 0 unspecified atom stereocenters. The lowest BCUT2D eigenvalue weighted by Crippen LogP contribution is -2.09. The Hall–Kier alpha value is -2.13. The van der Waals surface area contributed by atoms with Crippen LogP contribution in [0.2, 0.25) is 0 Å². The maximum Gasteiger partial charge on any atom is 0.324 e. The molecule has 0 saturated carbocycles. The van der Waals surface area contributed by atoms with Crippen LogP contribution in [0.3, 0.4) is 0 Å². The highest BCUT2D eigenvalue weighted by Crippen LogP contribution is 2.25. The smallest absolute Gasteiger partial charge is 0.306 e. The molecule has 1 N–H and O–H groups in total. The van der Waals surface area contributed by atoms with Gasteiger partial charge in [-0.1, -0.05) is 11.3 Å². The van der Waals surface area contributed by atoms with Gasteiger partial charge in [-0.15, -0.1) is 0 Å². The minimum absolute atomic E-state index is 0.00185. The number of anilines is 1. The largest absolute Gasteiger partial charge is 0.324 e. The highest BCUT2D eigenvalue weighted by Gasteiger charge is 2.09. The minimum Gasteiger partial charge on any atom is -0.306 e. The maximum atomic E-state index is 12.8. The number of hydrogen-bond acceptors (Lipinski definition) is 5. The van der Waals surface area contributed by atoms with Crippen molar-refractivity contribution in [2.75, 3.05) is 5.32 Å². The zero-order valence-corrected chi connectivity index (χ0v) is 12.6. The van der Waals surface area contributed by atoms with Crippen molar-refractivity contribution in [2.24, 2.45) is 0 Å². The zero-order valence-electron chi connectivity index (χ0n) is 10.2. The highest BCUT2D eigenvalue weighted by atomic mass is 79.9. The molecule has 0 aromatic carbocycles. The van der Waals surface area contributed by atoms with E-state index in [1.807, 2.05) is 0 Å². The van der Waals surface area contributed by atoms with Crippen molar-refractivity contribution in [3.63, 3.8) is 0 Å². The highest BCUT2D eigenvalue weighted by molar-refractivity contribution is 9.10. The molecule has 0 atom stereocenters. The molecule has 6 nitrogen and oxygen atoms in total. The van der Waals surface area contributed by atoms with Gasteiger partial charge in [-0.2, -0.15) is 0 Å². The van der Waals surface area contributed by atoms with E-state index in [2.05, 4.69) is 26.2 Å². The molecule has 0 radical (unpaired) electrons. The van der Waals surface area contributed by atoms with Crippen molar-refractivity contribution in [3.05, 3.63) is 55.8 Å². The summed E-state index contributed by atoms with van der Waals surface area (Å²) in [5.41, 5.74) is 0. The van der Waals surface area contributed by atoms with Gasteiger partial charge < -0.3 is 5.32 Å². The van der Waals surface area contributed by atoms with Crippen molar-refractivity contribution < 1.29 is 14.1 Å². The van der Waals surface area contributed by atoms with Crippen LogP contribution in [0, 0.1) is 15.9 Å². The summed E-state index contributed by atoms with van der Waals surface area (Å²) in [6.45, 7) is 0. The van der Waals surface area contributed by atoms with Gasteiger partial charge in [0.25, 0.3) is 0 Å². The Bertz CT molecular complexity index is 732. The number of thiophene rings is 1. The van der Waals surface area contributed by atoms with Crippen LogP contribution < -0.4 is 5.32 Å². The quantitative estimate of drug-likeness (QED) is 0.505. The molecule has 2 aromatic rings. The summed E-state index contributed by atoms with van der Waals surface area (Å²) in [7, 11) is 0. The third-order valence-electron chi connectivity index (χ3n) is 2.24. The fraction of sp³-hybridized carbons (Fsp3) is 0. The Morgan fingerprint density at radius 1 is 1.52 bits per heavy atom. The second-order valence-electron chi connectivity index (χ2n) is 3.74. The number of halogens is 2. The summed E-state index contributed by atoms with van der Waals surface area (Å²) in [4.78, 5) is 26.0. The monoisotopic (exact) mass is 371 g/mol. The zero-order chi connectivity index (χ0) is 15.4. The molecule has 0 aliphatic heterocycles. The Balaban J connectivity index is 2.03. The number of pyridine rings is 1. The normalized spacial score (nSPS) is 10.8. The van der Waals surface area contributed by atoms with E-state index in [4.69, 9.17) is 0 Å². The molecule has 2 rings (SSSR count). The molecular formula is C12H7BrFN3O3S. The van der Waals surface area contributed by atoms with Gasteiger partial charge in [0.1, 0.15) is 11.6 Å². The molecule has 9 heteroatoms. The lowest BCUT2D eigenvalue weighted by molar-refractivity contribution is -0.380. The molecular weight excluding hydrogens is 365 g/mol. The molecule has 0 aliphatic rings. The van der Waals surface area contributed by atoms with E-state index in [1.165, 1.54) is 24.3 Å². The summed E-state index contributed by atoms with van der Waals surface area (Å²) in [5.74, 6) is -0.824. The van der Waals surface area contributed by atoms with E-state index in [0.717, 1.165) is 17.5 Å². The Kier molecular flexibility index (Phi) is 4.76. The summed E-state index contributed by atoms with van der Waals surface area (Å²) in [5, 5.41) is 13.0. The van der Waals surface area contributed by atoms with Gasteiger partial charge in [-0.25, -0.2) is 9.37 Å². The van der Waals surface area contributed by atoms with Crippen LogP contribution in [0.5, 0.6) is 0 Å². The number of aromatic nitrogens is 1. The molecule has 0 spiro atoms. The van der Waals surface area contributed by atoms with Crippen LogP contribution in [0.1, 0.15) is 4.88 Å². The number of nitrogens with zero attached hydrogens (tertiary/aromatic N) is 2. The summed E-state index contributed by atoms with van der Waals surface area (Å²) in [6, 6.07) is 4.08.